The molecule has 3 aliphatic rings. The zero-order valence-electron chi connectivity index (χ0n) is 35.1. The van der Waals surface area contributed by atoms with Gasteiger partial charge in [-0.1, -0.05) is 19.1 Å². The van der Waals surface area contributed by atoms with E-state index in [0.717, 1.165) is 5.56 Å². The first-order valence-electron chi connectivity index (χ1n) is 20.6. The van der Waals surface area contributed by atoms with E-state index in [1.165, 1.54) is 10.6 Å². The average Bonchev–Trinajstić information content (AvgIpc) is 3.64. The van der Waals surface area contributed by atoms with E-state index < -0.39 is 78.0 Å². The van der Waals surface area contributed by atoms with Crippen LogP contribution in [0.15, 0.2) is 41.2 Å². The summed E-state index contributed by atoms with van der Waals surface area (Å²) in [5.74, 6) is -2.85. The number of nitrogens with zero attached hydrogens (tertiary/aromatic N) is 2. The number of hydrogen-bond donors (Lipinski definition) is 8. The maximum atomic E-state index is 15.3. The molecule has 10 N–H and O–H groups in total. The Hall–Kier alpha value is -6.97. The number of primary amides is 1. The molecule has 338 valence electrons. The topological polar surface area (TPSA) is 297 Å². The monoisotopic (exact) mass is 885 g/mol. The van der Waals surface area contributed by atoms with Gasteiger partial charge in [-0.15, -0.1) is 0 Å². The van der Waals surface area contributed by atoms with Crippen molar-refractivity contribution < 1.29 is 52.5 Å². The van der Waals surface area contributed by atoms with Gasteiger partial charge in [-0.3, -0.25) is 19.2 Å². The van der Waals surface area contributed by atoms with E-state index in [9.17, 15) is 38.7 Å². The Morgan fingerprint density at radius 2 is 1.83 bits per heavy atom. The molecule has 6 amide bonds. The molecule has 0 fully saturated rings. The number of nitrogens with two attached hydrogens (primary N) is 2. The highest BCUT2D eigenvalue weighted by atomic mass is 19.1. The Bertz CT molecular complexity index is 2620. The van der Waals surface area contributed by atoms with Crippen molar-refractivity contribution in [2.75, 3.05) is 31.7 Å². The Morgan fingerprint density at radius 3 is 2.56 bits per heavy atom. The molecule has 7 rings (SSSR count). The molecule has 0 spiro atoms. The van der Waals surface area contributed by atoms with Gasteiger partial charge in [-0.25, -0.2) is 23.8 Å². The van der Waals surface area contributed by atoms with Gasteiger partial charge in [0.1, 0.15) is 38.9 Å². The number of ether oxygens (including phenoxy) is 3. The Kier molecular flexibility index (Phi) is 13.2. The molecule has 2 aromatic carbocycles. The molecule has 1 aliphatic carbocycles. The van der Waals surface area contributed by atoms with Crippen molar-refractivity contribution in [3.05, 3.63) is 91.5 Å². The van der Waals surface area contributed by atoms with E-state index >= 15 is 4.39 Å². The standard InChI is InChI=1S/C43H48FN9O11/c1-3-43(61)27-13-32-37-25(16-53(32)39(57)26(27)18-63-40(43)58)36-30(11-10-24-21(2)28(44)14-31(52-37)35(24)36)51-34(55)19-62-20-49-33(54)15-48-42(60)64-17-22-6-8-23(9-7-22)50-38(56)29(45)5-4-12-47-41(46)59/h6-9,13-14,29-30,61H,3-5,10-12,15-20,45H2,1-2H3,(H,48,60)(H,49,54)(H,50,56)(H,51,55)(H3,46,47,59)/t29-,30-,43-/m0/s1. The fraction of sp³-hybridized carbons (Fsp3) is 0.395. The summed E-state index contributed by atoms with van der Waals surface area (Å²) >= 11 is 0. The van der Waals surface area contributed by atoms with E-state index in [1.54, 1.807) is 44.2 Å². The number of carbonyl (C=O) groups excluding carboxylic acids is 6. The van der Waals surface area contributed by atoms with E-state index in [-0.39, 0.29) is 44.0 Å². The number of aliphatic hydroxyl groups is 1. The molecule has 2 aromatic heterocycles. The number of aryl methyl sites for hydroxylation is 1. The maximum Gasteiger partial charge on any atom is 0.407 e. The van der Waals surface area contributed by atoms with Crippen molar-refractivity contribution in [2.45, 2.75) is 83.4 Å². The molecule has 21 heteroatoms. The SMILES string of the molecule is CC[C@@]1(O)C(=O)OCc2c1cc1n(c2=O)Cc2c-1nc1cc(F)c(C)c3c1c2[C@@H](NC(=O)COCNC(=O)CNC(=O)OCc1ccc(NC(=O)[C@@H](N)CCCNC(N)=O)cc1)CC3. The number of anilines is 1. The van der Waals surface area contributed by atoms with Gasteiger partial charge in [0.2, 0.25) is 17.7 Å². The van der Waals surface area contributed by atoms with Crippen molar-refractivity contribution in [3.63, 3.8) is 0 Å². The largest absolute Gasteiger partial charge is 0.458 e. The van der Waals surface area contributed by atoms with Crippen LogP contribution < -0.4 is 43.6 Å². The number of aromatic nitrogens is 2. The van der Waals surface area contributed by atoms with Crippen LogP contribution in [-0.2, 0) is 65.2 Å². The summed E-state index contributed by atoms with van der Waals surface area (Å²) in [4.78, 5) is 92.4. The number of urea groups is 1. The van der Waals surface area contributed by atoms with Crippen LogP contribution in [-0.4, -0.2) is 82.9 Å². The van der Waals surface area contributed by atoms with Crippen LogP contribution in [0.2, 0.25) is 0 Å². The first kappa shape index (κ1) is 45.1. The summed E-state index contributed by atoms with van der Waals surface area (Å²) < 4.78 is 32.5. The lowest BCUT2D eigenvalue weighted by Gasteiger charge is -2.31. The van der Waals surface area contributed by atoms with E-state index in [4.69, 9.17) is 30.7 Å². The van der Waals surface area contributed by atoms with E-state index in [2.05, 4.69) is 26.6 Å². The van der Waals surface area contributed by atoms with Crippen molar-refractivity contribution in [1.82, 2.24) is 30.8 Å². The summed E-state index contributed by atoms with van der Waals surface area (Å²) in [6, 6.07) is 7.33. The average molecular weight is 886 g/mol. The van der Waals surface area contributed by atoms with Crippen LogP contribution >= 0.6 is 0 Å². The number of rotatable bonds is 16. The lowest BCUT2D eigenvalue weighted by molar-refractivity contribution is -0.172. The zero-order chi connectivity index (χ0) is 45.9. The second-order valence-electron chi connectivity index (χ2n) is 15.7. The van der Waals surface area contributed by atoms with Gasteiger partial charge in [0.25, 0.3) is 5.56 Å². The minimum atomic E-state index is -2.03. The van der Waals surface area contributed by atoms with Crippen LogP contribution in [0.5, 0.6) is 0 Å². The lowest BCUT2D eigenvalue weighted by Crippen LogP contribution is -2.44. The molecule has 0 unspecified atom stereocenters. The number of fused-ring (bicyclic) bond motifs is 5. The third-order valence-electron chi connectivity index (χ3n) is 11.6. The number of halogens is 1. The summed E-state index contributed by atoms with van der Waals surface area (Å²) in [6.45, 7) is 1.99. The number of esters is 1. The Balaban J connectivity index is 0.899. The highest BCUT2D eigenvalue weighted by molar-refractivity contribution is 5.95. The van der Waals surface area contributed by atoms with Gasteiger partial charge in [0, 0.05) is 34.8 Å². The van der Waals surface area contributed by atoms with Crippen LogP contribution in [0.3, 0.4) is 0 Å². The fourth-order valence-electron chi connectivity index (χ4n) is 8.21. The minimum Gasteiger partial charge on any atom is -0.458 e. The van der Waals surface area contributed by atoms with Gasteiger partial charge < -0.3 is 61.9 Å². The second-order valence-corrected chi connectivity index (χ2v) is 15.7. The third kappa shape index (κ3) is 9.22. The Labute approximate surface area is 364 Å². The molecule has 3 atom stereocenters. The number of hydrogen-bond acceptors (Lipinski definition) is 13. The van der Waals surface area contributed by atoms with Gasteiger partial charge in [-0.2, -0.15) is 0 Å². The number of benzene rings is 2. The molecular formula is C43H48FN9O11. The number of cyclic esters (lactones) is 1. The molecule has 0 bridgehead atoms. The normalized spacial score (nSPS) is 17.3. The predicted octanol–water partition coefficient (Wildman–Crippen LogP) is 1.36. The van der Waals surface area contributed by atoms with Gasteiger partial charge in [-0.05, 0) is 79.5 Å². The van der Waals surface area contributed by atoms with Crippen LogP contribution in [0.25, 0.3) is 22.3 Å². The molecular weight excluding hydrogens is 838 g/mol. The summed E-state index contributed by atoms with van der Waals surface area (Å²) in [5.41, 5.74) is 13.4. The first-order chi connectivity index (χ1) is 30.6. The third-order valence-corrected chi connectivity index (χ3v) is 11.6. The molecule has 4 heterocycles. The number of carbonyl (C=O) groups is 6. The molecule has 20 nitrogen and oxygen atoms in total. The molecule has 4 aromatic rings. The van der Waals surface area contributed by atoms with Crippen molar-refractivity contribution in [2.24, 2.45) is 11.5 Å². The second kappa shape index (κ2) is 18.8. The smallest absolute Gasteiger partial charge is 0.407 e. The molecule has 2 aliphatic heterocycles. The van der Waals surface area contributed by atoms with Crippen LogP contribution in [0.1, 0.15) is 77.6 Å². The van der Waals surface area contributed by atoms with Gasteiger partial charge in [0.15, 0.2) is 5.60 Å². The minimum absolute atomic E-state index is 0.0335. The predicted molar refractivity (Wildman–Crippen MR) is 225 cm³/mol. The fourth-order valence-corrected chi connectivity index (χ4v) is 8.21. The number of nitrogens with one attached hydrogen (secondary N) is 5. The molecule has 0 saturated carbocycles. The van der Waals surface area contributed by atoms with Crippen molar-refractivity contribution >= 4 is 52.4 Å². The van der Waals surface area contributed by atoms with Gasteiger partial charge >= 0.3 is 18.1 Å². The van der Waals surface area contributed by atoms with E-state index in [0.29, 0.717) is 82.5 Å². The molecule has 64 heavy (non-hydrogen) atoms. The highest BCUT2D eigenvalue weighted by Crippen LogP contribution is 2.46. The summed E-state index contributed by atoms with van der Waals surface area (Å²) in [7, 11) is 0. The number of amides is 6. The summed E-state index contributed by atoms with van der Waals surface area (Å²) in [5, 5.41) is 24.8. The lowest BCUT2D eigenvalue weighted by atomic mass is 9.81. The van der Waals surface area contributed by atoms with Crippen molar-refractivity contribution in [1.29, 1.82) is 0 Å². The maximum absolute atomic E-state index is 15.3. The number of alkyl carbamates (subject to hydrolysis) is 1. The zero-order valence-corrected chi connectivity index (χ0v) is 35.1. The summed E-state index contributed by atoms with van der Waals surface area (Å²) in [6.07, 6.45) is 0.722. The van der Waals surface area contributed by atoms with Gasteiger partial charge in [0.05, 0.1) is 41.1 Å². The van der Waals surface area contributed by atoms with Crippen molar-refractivity contribution in [3.8, 4) is 11.4 Å². The molecule has 0 saturated heterocycles. The quantitative estimate of drug-likeness (QED) is 0.0395. The van der Waals surface area contributed by atoms with Crippen LogP contribution in [0, 0.1) is 12.7 Å². The Morgan fingerprint density at radius 1 is 1.06 bits per heavy atom. The molecule has 0 radical (unpaired) electrons. The van der Waals surface area contributed by atoms with E-state index in [1.807, 2.05) is 0 Å². The van der Waals surface area contributed by atoms with Crippen LogP contribution in [0.4, 0.5) is 19.7 Å². The highest BCUT2D eigenvalue weighted by Gasteiger charge is 2.46. The number of pyridine rings is 2. The first-order valence-corrected chi connectivity index (χ1v) is 20.6.